The second kappa shape index (κ2) is 10.3. The number of hydrogen-bond acceptors (Lipinski definition) is 5. The van der Waals surface area contributed by atoms with Crippen LogP contribution in [0.3, 0.4) is 0 Å². The number of aliphatic hydroxyl groups is 1. The summed E-state index contributed by atoms with van der Waals surface area (Å²) in [5.41, 5.74) is 4.89. The minimum atomic E-state index is -0.173. The molecular weight excluding hydrogens is 440 g/mol. The van der Waals surface area contributed by atoms with E-state index in [-0.39, 0.29) is 18.6 Å². The minimum Gasteiger partial charge on any atom is -0.490 e. The average molecular weight is 471 g/mol. The number of fused-ring (bicyclic) bond motifs is 1. The van der Waals surface area contributed by atoms with Crippen LogP contribution in [0.15, 0.2) is 66.7 Å². The van der Waals surface area contributed by atoms with Gasteiger partial charge >= 0.3 is 0 Å². The number of hydrogen-bond donors (Lipinski definition) is 3. The molecule has 1 amide bonds. The Balaban J connectivity index is 1.30. The van der Waals surface area contributed by atoms with Crippen LogP contribution in [0.2, 0.25) is 0 Å². The van der Waals surface area contributed by atoms with E-state index < -0.39 is 0 Å². The molecule has 0 aliphatic carbocycles. The van der Waals surface area contributed by atoms with E-state index in [1.807, 2.05) is 60.7 Å². The molecule has 5 rings (SSSR count). The lowest BCUT2D eigenvalue weighted by Gasteiger charge is -2.29. The predicted octanol–water partition coefficient (Wildman–Crippen LogP) is 4.13. The Hall–Kier alpha value is -3.68. The van der Waals surface area contributed by atoms with Gasteiger partial charge in [-0.1, -0.05) is 24.3 Å². The van der Waals surface area contributed by atoms with Crippen LogP contribution in [0, 0.1) is 0 Å². The molecule has 1 saturated heterocycles. The number of aromatic nitrogens is 2. The highest BCUT2D eigenvalue weighted by molar-refractivity contribution is 6.01. The van der Waals surface area contributed by atoms with Crippen LogP contribution in [-0.4, -0.2) is 52.4 Å². The summed E-state index contributed by atoms with van der Waals surface area (Å²) in [5, 5.41) is 20.9. The molecule has 0 atom stereocenters. The van der Waals surface area contributed by atoms with Gasteiger partial charge in [0.25, 0.3) is 5.91 Å². The number of H-pyrrole nitrogens is 1. The maximum Gasteiger partial charge on any atom is 0.251 e. The van der Waals surface area contributed by atoms with Gasteiger partial charge in [-0.05, 0) is 73.5 Å². The van der Waals surface area contributed by atoms with Gasteiger partial charge in [0.2, 0.25) is 0 Å². The highest BCUT2D eigenvalue weighted by atomic mass is 16.5. The highest BCUT2D eigenvalue weighted by Gasteiger charge is 2.18. The van der Waals surface area contributed by atoms with Gasteiger partial charge in [-0.25, -0.2) is 0 Å². The Bertz CT molecular complexity index is 1310. The molecule has 7 nitrogen and oxygen atoms in total. The fourth-order valence-electron chi connectivity index (χ4n) is 4.52. The summed E-state index contributed by atoms with van der Waals surface area (Å²) in [7, 11) is 2.14. The van der Waals surface area contributed by atoms with Crippen molar-refractivity contribution in [1.82, 2.24) is 20.4 Å². The van der Waals surface area contributed by atoms with E-state index in [4.69, 9.17) is 4.74 Å². The summed E-state index contributed by atoms with van der Waals surface area (Å²) < 4.78 is 6.17. The van der Waals surface area contributed by atoms with E-state index in [0.717, 1.165) is 65.0 Å². The molecular formula is C28H30N4O3. The van der Waals surface area contributed by atoms with Crippen molar-refractivity contribution in [2.24, 2.45) is 0 Å². The lowest BCUT2D eigenvalue weighted by atomic mass is 10.0. The summed E-state index contributed by atoms with van der Waals surface area (Å²) in [6, 6.07) is 21.1. The Morgan fingerprint density at radius 2 is 1.83 bits per heavy atom. The molecule has 1 aliphatic rings. The lowest BCUT2D eigenvalue weighted by Crippen LogP contribution is -2.35. The first-order valence-corrected chi connectivity index (χ1v) is 12.0. The molecule has 1 aromatic heterocycles. The first-order chi connectivity index (χ1) is 17.1. The monoisotopic (exact) mass is 470 g/mol. The zero-order valence-electron chi connectivity index (χ0n) is 19.8. The second-order valence-electron chi connectivity index (χ2n) is 9.09. The number of nitrogens with zero attached hydrogens (tertiary/aromatic N) is 2. The largest absolute Gasteiger partial charge is 0.490 e. The van der Waals surface area contributed by atoms with E-state index in [0.29, 0.717) is 12.1 Å². The first-order valence-electron chi connectivity index (χ1n) is 12.0. The summed E-state index contributed by atoms with van der Waals surface area (Å²) in [6.45, 7) is 2.42. The standard InChI is InChI=1S/C28H30N4O3/c1-32-14-12-24(13-15-32)35-23-9-6-19(7-10-23)27-25-16-20(8-11-26(25)30-31-27)28(34)29-17-21-4-2-3-5-22(21)18-33/h2-11,16,24,33H,12-15,17-18H2,1H3,(H,29,34)(H,30,31). The Morgan fingerprint density at radius 1 is 1.09 bits per heavy atom. The van der Waals surface area contributed by atoms with Gasteiger partial charge in [0.15, 0.2) is 0 Å². The van der Waals surface area contributed by atoms with Crippen LogP contribution >= 0.6 is 0 Å². The molecule has 1 fully saturated rings. The number of carbonyl (C=O) groups is 1. The van der Waals surface area contributed by atoms with Crippen LogP contribution in [0.25, 0.3) is 22.2 Å². The SMILES string of the molecule is CN1CCC(Oc2ccc(-c3n[nH]c4ccc(C(=O)NCc5ccccc5CO)cc34)cc2)CC1. The van der Waals surface area contributed by atoms with Gasteiger partial charge in [0.05, 0.1) is 17.8 Å². The number of amides is 1. The minimum absolute atomic E-state index is 0.0573. The van der Waals surface area contributed by atoms with Crippen LogP contribution in [0.1, 0.15) is 34.3 Å². The van der Waals surface area contributed by atoms with Crippen molar-refractivity contribution in [3.63, 3.8) is 0 Å². The number of aliphatic hydroxyl groups excluding tert-OH is 1. The zero-order valence-corrected chi connectivity index (χ0v) is 19.8. The van der Waals surface area contributed by atoms with Gasteiger partial charge in [0.1, 0.15) is 11.9 Å². The van der Waals surface area contributed by atoms with E-state index in [2.05, 4.69) is 27.5 Å². The summed E-state index contributed by atoms with van der Waals surface area (Å²) in [5.74, 6) is 0.694. The molecule has 2 heterocycles. The maximum atomic E-state index is 12.9. The molecule has 35 heavy (non-hydrogen) atoms. The number of likely N-dealkylation sites (tertiary alicyclic amines) is 1. The second-order valence-corrected chi connectivity index (χ2v) is 9.09. The van der Waals surface area contributed by atoms with E-state index >= 15 is 0 Å². The smallest absolute Gasteiger partial charge is 0.251 e. The third-order valence-corrected chi connectivity index (χ3v) is 6.65. The molecule has 1 aliphatic heterocycles. The van der Waals surface area contributed by atoms with Gasteiger partial charge < -0.3 is 20.1 Å². The molecule has 7 heteroatoms. The van der Waals surface area contributed by atoms with Crippen LogP contribution in [0.5, 0.6) is 5.75 Å². The molecule has 0 spiro atoms. The quantitative estimate of drug-likeness (QED) is 0.378. The van der Waals surface area contributed by atoms with Crippen molar-refractivity contribution in [3.05, 3.63) is 83.4 Å². The van der Waals surface area contributed by atoms with Crippen LogP contribution in [0.4, 0.5) is 0 Å². The Morgan fingerprint density at radius 3 is 2.57 bits per heavy atom. The third kappa shape index (κ3) is 5.21. The summed E-state index contributed by atoms with van der Waals surface area (Å²) in [6.07, 6.45) is 2.34. The van der Waals surface area contributed by atoms with Gasteiger partial charge in [-0.15, -0.1) is 0 Å². The fourth-order valence-corrected chi connectivity index (χ4v) is 4.52. The highest BCUT2D eigenvalue weighted by Crippen LogP contribution is 2.29. The number of carbonyl (C=O) groups excluding carboxylic acids is 1. The third-order valence-electron chi connectivity index (χ3n) is 6.65. The molecule has 0 saturated carbocycles. The van der Waals surface area contributed by atoms with Crippen molar-refractivity contribution in [2.45, 2.75) is 32.1 Å². The Labute approximate surface area is 204 Å². The summed E-state index contributed by atoms with van der Waals surface area (Å²) in [4.78, 5) is 15.2. The first kappa shape index (κ1) is 23.1. The fraction of sp³-hybridized carbons (Fsp3) is 0.286. The number of rotatable bonds is 7. The van der Waals surface area contributed by atoms with Crippen molar-refractivity contribution < 1.29 is 14.6 Å². The van der Waals surface area contributed by atoms with E-state index in [1.54, 1.807) is 6.07 Å². The maximum absolute atomic E-state index is 12.9. The average Bonchev–Trinajstić information content (AvgIpc) is 3.32. The number of benzene rings is 3. The normalized spacial score (nSPS) is 14.8. The van der Waals surface area contributed by atoms with E-state index in [1.165, 1.54) is 0 Å². The van der Waals surface area contributed by atoms with Crippen molar-refractivity contribution >= 4 is 16.8 Å². The molecule has 0 radical (unpaired) electrons. The van der Waals surface area contributed by atoms with Gasteiger partial charge in [0, 0.05) is 36.1 Å². The molecule has 4 aromatic rings. The molecule has 180 valence electrons. The van der Waals surface area contributed by atoms with Crippen molar-refractivity contribution in [2.75, 3.05) is 20.1 Å². The number of ether oxygens (including phenoxy) is 1. The molecule has 0 unspecified atom stereocenters. The molecule has 0 bridgehead atoms. The molecule has 3 N–H and O–H groups in total. The van der Waals surface area contributed by atoms with Gasteiger partial charge in [-0.3, -0.25) is 9.89 Å². The number of piperidine rings is 1. The number of aromatic amines is 1. The van der Waals surface area contributed by atoms with E-state index in [9.17, 15) is 9.90 Å². The van der Waals surface area contributed by atoms with Crippen LogP contribution in [-0.2, 0) is 13.2 Å². The van der Waals surface area contributed by atoms with Crippen LogP contribution < -0.4 is 10.1 Å². The lowest BCUT2D eigenvalue weighted by molar-refractivity contribution is 0.0950. The molecule has 3 aromatic carbocycles. The van der Waals surface area contributed by atoms with Gasteiger partial charge in [-0.2, -0.15) is 5.10 Å². The predicted molar refractivity (Wildman–Crippen MR) is 136 cm³/mol. The zero-order chi connectivity index (χ0) is 24.2. The Kier molecular flexibility index (Phi) is 6.79. The summed E-state index contributed by atoms with van der Waals surface area (Å²) >= 11 is 0. The number of nitrogens with one attached hydrogen (secondary N) is 2. The topological polar surface area (TPSA) is 90.5 Å². The van der Waals surface area contributed by atoms with Crippen molar-refractivity contribution in [1.29, 1.82) is 0 Å². The van der Waals surface area contributed by atoms with Crippen molar-refractivity contribution in [3.8, 4) is 17.0 Å².